The average Bonchev–Trinajstić information content (AvgIpc) is 2.95. The maximum absolute atomic E-state index is 12.1. The normalized spacial score (nSPS) is 19.8. The molecule has 1 aromatic heterocycles. The van der Waals surface area contributed by atoms with Gasteiger partial charge in [-0.25, -0.2) is 4.98 Å². The third-order valence-electron chi connectivity index (χ3n) is 5.14. The van der Waals surface area contributed by atoms with Gasteiger partial charge in [0.25, 0.3) is 0 Å². The molecule has 0 saturated carbocycles. The molecule has 1 aliphatic rings. The number of aromatic nitrogens is 1. The highest BCUT2D eigenvalue weighted by Gasteiger charge is 2.36. The van der Waals surface area contributed by atoms with E-state index in [0.717, 1.165) is 34.2 Å². The predicted octanol–water partition coefficient (Wildman–Crippen LogP) is 3.57. The number of likely N-dealkylation sites (tertiary alicyclic amines) is 1. The van der Waals surface area contributed by atoms with Crippen LogP contribution in [0.3, 0.4) is 0 Å². The number of aliphatic hydroxyl groups is 1. The number of carbonyl (C=O) groups is 1. The minimum Gasteiger partial charge on any atom is -0.493 e. The number of methoxy groups -OCH3 is 1. The van der Waals surface area contributed by atoms with Crippen molar-refractivity contribution >= 4 is 28.8 Å². The Kier molecular flexibility index (Phi) is 7.51. The van der Waals surface area contributed by atoms with Crippen molar-refractivity contribution in [2.45, 2.75) is 38.2 Å². The number of aryl methyl sites for hydroxylation is 1. The van der Waals surface area contributed by atoms with Gasteiger partial charge in [-0.2, -0.15) is 0 Å². The highest BCUT2D eigenvalue weighted by molar-refractivity contribution is 7.11. The van der Waals surface area contributed by atoms with Crippen LogP contribution in [0, 0.1) is 6.92 Å². The van der Waals surface area contributed by atoms with E-state index in [2.05, 4.69) is 4.98 Å². The number of nitrogens with zero attached hydrogens (tertiary/aromatic N) is 2. The summed E-state index contributed by atoms with van der Waals surface area (Å²) in [6, 6.07) is 7.29. The zero-order valence-corrected chi connectivity index (χ0v) is 18.4. The van der Waals surface area contributed by atoms with E-state index in [4.69, 9.17) is 21.1 Å². The lowest BCUT2D eigenvalue weighted by Gasteiger charge is -2.24. The molecule has 1 fully saturated rings. The highest BCUT2D eigenvalue weighted by atomic mass is 35.5. The fraction of sp³-hybridized carbons (Fsp3) is 0.524. The maximum atomic E-state index is 12.1. The average molecular weight is 439 g/mol. The Morgan fingerprint density at radius 2 is 2.07 bits per heavy atom. The molecule has 0 radical (unpaired) electrons. The third-order valence-corrected chi connectivity index (χ3v) is 6.80. The Morgan fingerprint density at radius 3 is 2.79 bits per heavy atom. The first-order chi connectivity index (χ1) is 13.9. The van der Waals surface area contributed by atoms with Crippen LogP contribution in [0.2, 0.25) is 5.02 Å². The Balaban J connectivity index is 1.60. The second-order valence-electron chi connectivity index (χ2n) is 7.28. The Bertz CT molecular complexity index is 827. The fourth-order valence-electron chi connectivity index (χ4n) is 3.45. The Labute approximate surface area is 180 Å². The predicted molar refractivity (Wildman–Crippen MR) is 114 cm³/mol. The van der Waals surface area contributed by atoms with Crippen molar-refractivity contribution in [3.8, 4) is 5.75 Å². The van der Waals surface area contributed by atoms with Gasteiger partial charge in [0.1, 0.15) is 23.0 Å². The molecule has 1 aliphatic heterocycles. The van der Waals surface area contributed by atoms with Gasteiger partial charge in [0.15, 0.2) is 0 Å². The molecular formula is C21H27ClN2O4S. The van der Waals surface area contributed by atoms with Crippen molar-refractivity contribution < 1.29 is 19.4 Å². The van der Waals surface area contributed by atoms with E-state index >= 15 is 0 Å². The second kappa shape index (κ2) is 9.89. The molecular weight excluding hydrogens is 412 g/mol. The third kappa shape index (κ3) is 5.69. The van der Waals surface area contributed by atoms with E-state index in [0.29, 0.717) is 37.6 Å². The number of carbonyl (C=O) groups excluding carboxylic acids is 1. The summed E-state index contributed by atoms with van der Waals surface area (Å²) in [5, 5.41) is 12.7. The first-order valence-corrected chi connectivity index (χ1v) is 10.9. The van der Waals surface area contributed by atoms with E-state index in [9.17, 15) is 9.90 Å². The lowest BCUT2D eigenvalue weighted by molar-refractivity contribution is -0.135. The van der Waals surface area contributed by atoms with Crippen molar-refractivity contribution in [1.29, 1.82) is 0 Å². The first kappa shape index (κ1) is 22.0. The van der Waals surface area contributed by atoms with Crippen LogP contribution >= 0.6 is 22.9 Å². The lowest BCUT2D eigenvalue weighted by atomic mass is 9.96. The van der Waals surface area contributed by atoms with Crippen molar-refractivity contribution in [3.63, 3.8) is 0 Å². The molecule has 0 bridgehead atoms. The summed E-state index contributed by atoms with van der Waals surface area (Å²) in [5.41, 5.74) is -0.0676. The van der Waals surface area contributed by atoms with Gasteiger partial charge in [0.2, 0.25) is 5.91 Å². The number of ether oxygens (including phenoxy) is 2. The summed E-state index contributed by atoms with van der Waals surface area (Å²) in [5.74, 6) is 0.743. The van der Waals surface area contributed by atoms with Gasteiger partial charge in [-0.15, -0.1) is 11.3 Å². The molecule has 1 aromatic carbocycles. The fourth-order valence-corrected chi connectivity index (χ4v) is 4.76. The lowest BCUT2D eigenvalue weighted by Crippen LogP contribution is -2.35. The van der Waals surface area contributed by atoms with Crippen LogP contribution in [0.1, 0.15) is 34.8 Å². The number of thiazole rings is 1. The Hall–Kier alpha value is -1.67. The number of hydrogen-bond acceptors (Lipinski definition) is 6. The van der Waals surface area contributed by atoms with Gasteiger partial charge >= 0.3 is 0 Å². The molecule has 6 nitrogen and oxygen atoms in total. The zero-order chi connectivity index (χ0) is 20.9. The van der Waals surface area contributed by atoms with Crippen LogP contribution in [0.4, 0.5) is 0 Å². The van der Waals surface area contributed by atoms with Crippen LogP contribution in [0.5, 0.6) is 5.75 Å². The smallest absolute Gasteiger partial charge is 0.248 e. The van der Waals surface area contributed by atoms with Gasteiger partial charge in [-0.3, -0.25) is 4.79 Å². The summed E-state index contributed by atoms with van der Waals surface area (Å²) >= 11 is 7.43. The van der Waals surface area contributed by atoms with Crippen molar-refractivity contribution in [1.82, 2.24) is 9.88 Å². The Morgan fingerprint density at radius 1 is 1.31 bits per heavy atom. The molecule has 3 rings (SSSR count). The minimum absolute atomic E-state index is 0.0351. The molecule has 0 spiro atoms. The summed E-state index contributed by atoms with van der Waals surface area (Å²) < 4.78 is 10.7. The summed E-state index contributed by atoms with van der Waals surface area (Å²) in [4.78, 5) is 19.6. The molecule has 0 aliphatic carbocycles. The van der Waals surface area contributed by atoms with Crippen LogP contribution < -0.4 is 4.74 Å². The first-order valence-electron chi connectivity index (χ1n) is 9.75. The van der Waals surface area contributed by atoms with Crippen molar-refractivity contribution in [2.24, 2.45) is 0 Å². The zero-order valence-electron chi connectivity index (χ0n) is 16.8. The SMILES string of the molecule is COCC(=O)N1CCCC(O)(c2nc(C)c(CCOc3ccc(Cl)cc3)s2)CC1. The number of hydrogen-bond donors (Lipinski definition) is 1. The molecule has 2 heterocycles. The molecule has 1 saturated heterocycles. The molecule has 29 heavy (non-hydrogen) atoms. The molecule has 8 heteroatoms. The highest BCUT2D eigenvalue weighted by Crippen LogP contribution is 2.36. The molecule has 2 aromatic rings. The second-order valence-corrected chi connectivity index (χ2v) is 8.80. The van der Waals surface area contributed by atoms with E-state index in [1.807, 2.05) is 19.1 Å². The van der Waals surface area contributed by atoms with Crippen LogP contribution in [-0.2, 0) is 21.6 Å². The summed E-state index contributed by atoms with van der Waals surface area (Å²) in [6.07, 6.45) is 2.54. The van der Waals surface area contributed by atoms with Crippen molar-refractivity contribution in [2.75, 3.05) is 33.4 Å². The van der Waals surface area contributed by atoms with E-state index in [1.165, 1.54) is 7.11 Å². The van der Waals surface area contributed by atoms with E-state index < -0.39 is 5.60 Å². The van der Waals surface area contributed by atoms with Crippen LogP contribution in [-0.4, -0.2) is 54.3 Å². The van der Waals surface area contributed by atoms with Gasteiger partial charge in [0.05, 0.1) is 12.3 Å². The van der Waals surface area contributed by atoms with Crippen molar-refractivity contribution in [3.05, 3.63) is 44.9 Å². The van der Waals surface area contributed by atoms with Gasteiger partial charge in [-0.05, 0) is 44.0 Å². The minimum atomic E-state index is -0.993. The largest absolute Gasteiger partial charge is 0.493 e. The maximum Gasteiger partial charge on any atom is 0.248 e. The van der Waals surface area contributed by atoms with Crippen LogP contribution in [0.15, 0.2) is 24.3 Å². The van der Waals surface area contributed by atoms with Gasteiger partial charge in [0, 0.05) is 42.9 Å². The number of amides is 1. The van der Waals surface area contributed by atoms with Gasteiger partial charge in [-0.1, -0.05) is 11.6 Å². The number of benzene rings is 1. The number of halogens is 1. The molecule has 158 valence electrons. The molecule has 1 amide bonds. The van der Waals surface area contributed by atoms with E-state index in [1.54, 1.807) is 28.4 Å². The van der Waals surface area contributed by atoms with E-state index in [-0.39, 0.29) is 12.5 Å². The molecule has 1 atom stereocenters. The molecule has 1 unspecified atom stereocenters. The number of rotatable bonds is 7. The summed E-state index contributed by atoms with van der Waals surface area (Å²) in [7, 11) is 1.52. The molecule has 1 N–H and O–H groups in total. The summed E-state index contributed by atoms with van der Waals surface area (Å²) in [6.45, 7) is 3.71. The van der Waals surface area contributed by atoms with Gasteiger partial charge < -0.3 is 19.5 Å². The quantitative estimate of drug-likeness (QED) is 0.715. The van der Waals surface area contributed by atoms with Crippen LogP contribution in [0.25, 0.3) is 0 Å². The topological polar surface area (TPSA) is 71.9 Å². The monoisotopic (exact) mass is 438 g/mol. The standard InChI is InChI=1S/C21H27ClN2O4S/c1-15-18(8-13-28-17-6-4-16(22)5-7-17)29-20(23-15)21(26)9-3-11-24(12-10-21)19(25)14-27-2/h4-7,26H,3,8-14H2,1-2H3.